The van der Waals surface area contributed by atoms with Gasteiger partial charge in [0.2, 0.25) is 0 Å². The highest BCUT2D eigenvalue weighted by atomic mass is 35.5. The lowest BCUT2D eigenvalue weighted by Crippen LogP contribution is -2.41. The second-order valence-electron chi connectivity index (χ2n) is 3.73. The maximum atomic E-state index is 8.92. The van der Waals surface area contributed by atoms with Crippen LogP contribution in [0.3, 0.4) is 0 Å². The Morgan fingerprint density at radius 2 is 2.50 bits per heavy atom. The van der Waals surface area contributed by atoms with E-state index in [0.29, 0.717) is 16.6 Å². The van der Waals surface area contributed by atoms with Crippen LogP contribution in [0.15, 0.2) is 12.3 Å². The number of anilines is 1. The van der Waals surface area contributed by atoms with Crippen LogP contribution in [0.1, 0.15) is 12.5 Å². The van der Waals surface area contributed by atoms with Crippen molar-refractivity contribution in [3.8, 4) is 6.07 Å². The summed E-state index contributed by atoms with van der Waals surface area (Å²) >= 11 is 8.11. The van der Waals surface area contributed by atoms with Gasteiger partial charge in [0.15, 0.2) is 0 Å². The molecule has 2 rings (SSSR count). The van der Waals surface area contributed by atoms with E-state index in [1.807, 2.05) is 11.8 Å². The van der Waals surface area contributed by atoms with Crippen molar-refractivity contribution in [1.29, 1.82) is 5.26 Å². The molecule has 2 heterocycles. The summed E-state index contributed by atoms with van der Waals surface area (Å²) in [5.41, 5.74) is 0.497. The highest BCUT2D eigenvalue weighted by Crippen LogP contribution is 2.30. The van der Waals surface area contributed by atoms with Crippen LogP contribution in [0.25, 0.3) is 0 Å². The molecule has 1 saturated heterocycles. The van der Waals surface area contributed by atoms with Gasteiger partial charge in [-0.3, -0.25) is 0 Å². The molecule has 1 unspecified atom stereocenters. The van der Waals surface area contributed by atoms with Gasteiger partial charge in [0.25, 0.3) is 0 Å². The van der Waals surface area contributed by atoms with Gasteiger partial charge in [-0.25, -0.2) is 4.98 Å². The molecule has 0 saturated carbocycles. The minimum absolute atomic E-state index is 0.415. The number of hydrogen-bond donors (Lipinski definition) is 0. The molecular formula is C11H12ClN3S. The van der Waals surface area contributed by atoms with Crippen LogP contribution in [-0.2, 0) is 0 Å². The minimum Gasteiger partial charge on any atom is -0.351 e. The first-order chi connectivity index (χ1) is 7.74. The molecule has 3 nitrogen and oxygen atoms in total. The molecule has 0 radical (unpaired) electrons. The van der Waals surface area contributed by atoms with Crippen molar-refractivity contribution in [3.05, 3.63) is 22.8 Å². The zero-order valence-electron chi connectivity index (χ0n) is 8.98. The van der Waals surface area contributed by atoms with Crippen LogP contribution in [0, 0.1) is 11.3 Å². The van der Waals surface area contributed by atoms with Gasteiger partial charge in [0.1, 0.15) is 16.9 Å². The van der Waals surface area contributed by atoms with Crippen molar-refractivity contribution in [1.82, 2.24) is 4.98 Å². The Morgan fingerprint density at radius 1 is 1.69 bits per heavy atom. The maximum Gasteiger partial charge on any atom is 0.149 e. The van der Waals surface area contributed by atoms with Crippen LogP contribution in [-0.4, -0.2) is 29.1 Å². The largest absolute Gasteiger partial charge is 0.351 e. The van der Waals surface area contributed by atoms with Gasteiger partial charge in [-0.15, -0.1) is 0 Å². The lowest BCUT2D eigenvalue weighted by molar-refractivity contribution is 0.690. The monoisotopic (exact) mass is 253 g/mol. The molecule has 84 valence electrons. The van der Waals surface area contributed by atoms with E-state index >= 15 is 0 Å². The van der Waals surface area contributed by atoms with E-state index in [9.17, 15) is 0 Å². The molecule has 1 atom stereocenters. The molecule has 1 aromatic heterocycles. The van der Waals surface area contributed by atoms with Gasteiger partial charge in [-0.05, 0) is 13.0 Å². The Bertz CT molecular complexity index is 430. The van der Waals surface area contributed by atoms with Crippen molar-refractivity contribution in [2.24, 2.45) is 0 Å². The van der Waals surface area contributed by atoms with Crippen LogP contribution in [0.5, 0.6) is 0 Å². The summed E-state index contributed by atoms with van der Waals surface area (Å²) in [5.74, 6) is 2.90. The Labute approximate surface area is 104 Å². The van der Waals surface area contributed by atoms with Gasteiger partial charge in [0, 0.05) is 30.3 Å². The molecule has 1 aromatic rings. The fourth-order valence-corrected chi connectivity index (χ4v) is 3.04. The van der Waals surface area contributed by atoms with E-state index in [1.165, 1.54) is 0 Å². The van der Waals surface area contributed by atoms with E-state index in [0.717, 1.165) is 23.9 Å². The number of nitriles is 1. The maximum absolute atomic E-state index is 8.92. The number of halogens is 1. The molecule has 1 aliphatic rings. The van der Waals surface area contributed by atoms with Gasteiger partial charge >= 0.3 is 0 Å². The summed E-state index contributed by atoms with van der Waals surface area (Å²) in [4.78, 5) is 6.47. The molecule has 0 aliphatic carbocycles. The molecule has 0 N–H and O–H groups in total. The smallest absolute Gasteiger partial charge is 0.149 e. The highest BCUT2D eigenvalue weighted by molar-refractivity contribution is 7.99. The van der Waals surface area contributed by atoms with Crippen molar-refractivity contribution < 1.29 is 0 Å². The van der Waals surface area contributed by atoms with Crippen molar-refractivity contribution in [2.45, 2.75) is 13.0 Å². The number of aromatic nitrogens is 1. The third-order valence-corrected chi connectivity index (χ3v) is 4.19. The Balaban J connectivity index is 2.36. The molecule has 1 fully saturated rings. The Morgan fingerprint density at radius 3 is 3.19 bits per heavy atom. The van der Waals surface area contributed by atoms with E-state index in [1.54, 1.807) is 12.3 Å². The Kier molecular flexibility index (Phi) is 3.57. The summed E-state index contributed by atoms with van der Waals surface area (Å²) in [5, 5.41) is 9.40. The van der Waals surface area contributed by atoms with Gasteiger partial charge in [0.05, 0.1) is 5.56 Å². The second-order valence-corrected chi connectivity index (χ2v) is 5.25. The van der Waals surface area contributed by atoms with Gasteiger partial charge < -0.3 is 4.90 Å². The molecule has 16 heavy (non-hydrogen) atoms. The van der Waals surface area contributed by atoms with Crippen LogP contribution < -0.4 is 4.90 Å². The van der Waals surface area contributed by atoms with E-state index in [2.05, 4.69) is 22.9 Å². The predicted octanol–water partition coefficient (Wildman–Crippen LogP) is 2.55. The summed E-state index contributed by atoms with van der Waals surface area (Å²) in [6.45, 7) is 3.09. The fraction of sp³-hybridized carbons (Fsp3) is 0.455. The second kappa shape index (κ2) is 4.94. The predicted molar refractivity (Wildman–Crippen MR) is 68.1 cm³/mol. The Hall–Kier alpha value is -0.920. The fourth-order valence-electron chi connectivity index (χ4n) is 1.76. The lowest BCUT2D eigenvalue weighted by Gasteiger charge is -2.34. The van der Waals surface area contributed by atoms with Crippen molar-refractivity contribution in [2.75, 3.05) is 23.0 Å². The first kappa shape index (κ1) is 11.6. The zero-order chi connectivity index (χ0) is 11.5. The van der Waals surface area contributed by atoms with Crippen LogP contribution >= 0.6 is 23.4 Å². The number of hydrogen-bond acceptors (Lipinski definition) is 4. The summed E-state index contributed by atoms with van der Waals surface area (Å²) in [7, 11) is 0. The highest BCUT2D eigenvalue weighted by Gasteiger charge is 2.22. The summed E-state index contributed by atoms with van der Waals surface area (Å²) < 4.78 is 0. The number of rotatable bonds is 1. The summed E-state index contributed by atoms with van der Waals surface area (Å²) in [6, 6.07) is 4.15. The number of thioether (sulfide) groups is 1. The normalized spacial score (nSPS) is 20.6. The summed E-state index contributed by atoms with van der Waals surface area (Å²) in [6.07, 6.45) is 1.65. The molecule has 0 aromatic carbocycles. The van der Waals surface area contributed by atoms with Crippen molar-refractivity contribution in [3.63, 3.8) is 0 Å². The molecule has 0 bridgehead atoms. The van der Waals surface area contributed by atoms with Crippen LogP contribution in [0.2, 0.25) is 5.02 Å². The standard InChI is InChI=1S/C11H12ClN3S/c1-8-7-16-5-4-15(8)11-10(12)9(6-13)2-3-14-11/h2-3,8H,4-5,7H2,1H3. The molecule has 0 spiro atoms. The minimum atomic E-state index is 0.415. The SMILES string of the molecule is CC1CSCCN1c1nccc(C#N)c1Cl. The third-order valence-electron chi connectivity index (χ3n) is 2.63. The van der Waals surface area contributed by atoms with Gasteiger partial charge in [-0.2, -0.15) is 17.0 Å². The molecule has 1 aliphatic heterocycles. The number of pyridine rings is 1. The first-order valence-electron chi connectivity index (χ1n) is 5.13. The first-order valence-corrected chi connectivity index (χ1v) is 6.66. The molecule has 5 heteroatoms. The number of nitrogens with zero attached hydrogens (tertiary/aromatic N) is 3. The molecular weight excluding hydrogens is 242 g/mol. The average Bonchev–Trinajstić information content (AvgIpc) is 2.31. The molecule has 0 amide bonds. The quantitative estimate of drug-likeness (QED) is 0.771. The van der Waals surface area contributed by atoms with Gasteiger partial charge in [-0.1, -0.05) is 11.6 Å². The van der Waals surface area contributed by atoms with Crippen LogP contribution in [0.4, 0.5) is 5.82 Å². The topological polar surface area (TPSA) is 39.9 Å². The lowest BCUT2D eigenvalue weighted by atomic mass is 10.2. The van der Waals surface area contributed by atoms with E-state index in [4.69, 9.17) is 16.9 Å². The zero-order valence-corrected chi connectivity index (χ0v) is 10.6. The van der Waals surface area contributed by atoms with E-state index < -0.39 is 0 Å². The van der Waals surface area contributed by atoms with E-state index in [-0.39, 0.29) is 0 Å². The third kappa shape index (κ3) is 2.11. The van der Waals surface area contributed by atoms with Crippen molar-refractivity contribution >= 4 is 29.2 Å². The average molecular weight is 254 g/mol.